The van der Waals surface area contributed by atoms with Crippen molar-refractivity contribution in [3.05, 3.63) is 58.1 Å². The fourth-order valence-corrected chi connectivity index (χ4v) is 2.28. The van der Waals surface area contributed by atoms with Gasteiger partial charge in [0.05, 0.1) is 17.8 Å². The van der Waals surface area contributed by atoms with Crippen LogP contribution in [0.25, 0.3) is 0 Å². The molecular weight excluding hydrogens is 307 g/mol. The first-order chi connectivity index (χ1) is 9.95. The Morgan fingerprint density at radius 1 is 1.05 bits per heavy atom. The Bertz CT molecular complexity index is 639. The van der Waals surface area contributed by atoms with E-state index in [1.54, 1.807) is 24.3 Å². The lowest BCUT2D eigenvalue weighted by atomic mass is 10.1. The molecule has 0 aliphatic heterocycles. The number of amides is 1. The van der Waals surface area contributed by atoms with Crippen LogP contribution in [0.4, 0.5) is 11.4 Å². The van der Waals surface area contributed by atoms with E-state index in [4.69, 9.17) is 23.2 Å². The van der Waals surface area contributed by atoms with Crippen molar-refractivity contribution in [2.45, 2.75) is 6.42 Å². The number of hydrogen-bond acceptors (Lipinski definition) is 2. The fraction of sp³-hybridized carbons (Fsp3) is 0.188. The first kappa shape index (κ1) is 15.7. The number of benzene rings is 2. The van der Waals surface area contributed by atoms with Crippen molar-refractivity contribution in [1.29, 1.82) is 0 Å². The van der Waals surface area contributed by atoms with Crippen LogP contribution < -0.4 is 10.2 Å². The number of anilines is 2. The van der Waals surface area contributed by atoms with Crippen molar-refractivity contribution in [2.75, 3.05) is 24.3 Å². The zero-order valence-corrected chi connectivity index (χ0v) is 13.4. The average Bonchev–Trinajstić information content (AvgIpc) is 2.41. The zero-order chi connectivity index (χ0) is 15.4. The van der Waals surface area contributed by atoms with Gasteiger partial charge >= 0.3 is 0 Å². The number of carbonyl (C=O) groups is 1. The Morgan fingerprint density at radius 3 is 2.29 bits per heavy atom. The summed E-state index contributed by atoms with van der Waals surface area (Å²) in [7, 11) is 3.83. The van der Waals surface area contributed by atoms with Crippen LogP contribution in [0.2, 0.25) is 10.0 Å². The number of carbonyl (C=O) groups excluding carboxylic acids is 1. The van der Waals surface area contributed by atoms with Gasteiger partial charge in [-0.15, -0.1) is 0 Å². The summed E-state index contributed by atoms with van der Waals surface area (Å²) in [6, 6.07) is 12.6. The fourth-order valence-electron chi connectivity index (χ4n) is 1.98. The van der Waals surface area contributed by atoms with Crippen LogP contribution in [0.15, 0.2) is 42.5 Å². The number of rotatable bonds is 4. The van der Waals surface area contributed by atoms with Crippen LogP contribution in [-0.4, -0.2) is 20.0 Å². The summed E-state index contributed by atoms with van der Waals surface area (Å²) in [5.41, 5.74) is 2.51. The summed E-state index contributed by atoms with van der Waals surface area (Å²) in [6.45, 7) is 0. The van der Waals surface area contributed by atoms with Gasteiger partial charge in [0.15, 0.2) is 0 Å². The number of nitrogens with one attached hydrogen (secondary N) is 1. The highest BCUT2D eigenvalue weighted by Gasteiger charge is 2.10. The second-order valence-corrected chi connectivity index (χ2v) is 5.78. The number of nitrogens with zero attached hydrogens (tertiary/aromatic N) is 1. The molecule has 0 atom stereocenters. The van der Waals surface area contributed by atoms with Gasteiger partial charge in [-0.25, -0.2) is 0 Å². The Labute approximate surface area is 134 Å². The number of hydrogen-bond donors (Lipinski definition) is 1. The van der Waals surface area contributed by atoms with E-state index in [1.807, 2.05) is 37.2 Å². The van der Waals surface area contributed by atoms with Gasteiger partial charge < -0.3 is 10.2 Å². The van der Waals surface area contributed by atoms with Crippen molar-refractivity contribution in [3.8, 4) is 0 Å². The highest BCUT2D eigenvalue weighted by atomic mass is 35.5. The maximum atomic E-state index is 12.1. The monoisotopic (exact) mass is 322 g/mol. The molecule has 110 valence electrons. The predicted molar refractivity (Wildman–Crippen MR) is 89.6 cm³/mol. The van der Waals surface area contributed by atoms with Crippen LogP contribution in [0.3, 0.4) is 0 Å². The summed E-state index contributed by atoms with van der Waals surface area (Å²) in [5, 5.41) is 4.14. The maximum Gasteiger partial charge on any atom is 0.228 e. The van der Waals surface area contributed by atoms with E-state index in [0.717, 1.165) is 11.3 Å². The van der Waals surface area contributed by atoms with E-state index in [2.05, 4.69) is 5.32 Å². The molecule has 0 aromatic heterocycles. The van der Waals surface area contributed by atoms with E-state index in [9.17, 15) is 4.79 Å². The molecule has 0 fully saturated rings. The van der Waals surface area contributed by atoms with E-state index in [1.165, 1.54) is 0 Å². The minimum Gasteiger partial charge on any atom is -0.376 e. The lowest BCUT2D eigenvalue weighted by Gasteiger charge is -2.18. The average molecular weight is 323 g/mol. The molecule has 2 aromatic rings. The smallest absolute Gasteiger partial charge is 0.228 e. The molecule has 2 aromatic carbocycles. The molecular formula is C16H16Cl2N2O. The van der Waals surface area contributed by atoms with Gasteiger partial charge in [0.25, 0.3) is 0 Å². The van der Waals surface area contributed by atoms with E-state index < -0.39 is 0 Å². The predicted octanol–water partition coefficient (Wildman–Crippen LogP) is 4.24. The van der Waals surface area contributed by atoms with Crippen molar-refractivity contribution in [2.24, 2.45) is 0 Å². The zero-order valence-electron chi connectivity index (χ0n) is 11.9. The highest BCUT2D eigenvalue weighted by molar-refractivity contribution is 6.31. The molecule has 0 spiro atoms. The minimum atomic E-state index is -0.0947. The first-order valence-corrected chi connectivity index (χ1v) is 7.22. The van der Waals surface area contributed by atoms with Crippen molar-refractivity contribution in [1.82, 2.24) is 0 Å². The summed E-state index contributed by atoms with van der Waals surface area (Å²) < 4.78 is 0. The Balaban J connectivity index is 2.12. The molecule has 5 heteroatoms. The second kappa shape index (κ2) is 6.83. The number of halogens is 2. The van der Waals surface area contributed by atoms with Gasteiger partial charge in [-0.05, 0) is 35.9 Å². The molecule has 0 radical (unpaired) electrons. The molecule has 0 bridgehead atoms. The SMILES string of the molecule is CN(C)c1ccc(Cl)cc1NC(=O)Cc1ccc(Cl)cc1. The van der Waals surface area contributed by atoms with E-state index in [0.29, 0.717) is 15.7 Å². The molecule has 0 aliphatic rings. The highest BCUT2D eigenvalue weighted by Crippen LogP contribution is 2.28. The summed E-state index contributed by atoms with van der Waals surface area (Å²) in [6.07, 6.45) is 0.288. The maximum absolute atomic E-state index is 12.1. The quantitative estimate of drug-likeness (QED) is 0.913. The molecule has 2 rings (SSSR count). The molecule has 1 N–H and O–H groups in total. The molecule has 0 heterocycles. The van der Waals surface area contributed by atoms with Gasteiger partial charge in [0.1, 0.15) is 0 Å². The second-order valence-electron chi connectivity index (χ2n) is 4.91. The van der Waals surface area contributed by atoms with Crippen LogP contribution >= 0.6 is 23.2 Å². The van der Waals surface area contributed by atoms with Crippen molar-refractivity contribution in [3.63, 3.8) is 0 Å². The van der Waals surface area contributed by atoms with Crippen LogP contribution in [0.5, 0.6) is 0 Å². The van der Waals surface area contributed by atoms with Crippen LogP contribution in [0.1, 0.15) is 5.56 Å². The summed E-state index contributed by atoms with van der Waals surface area (Å²) >= 11 is 11.8. The molecule has 0 saturated carbocycles. The Morgan fingerprint density at radius 2 is 1.67 bits per heavy atom. The Kier molecular flexibility index (Phi) is 5.10. The largest absolute Gasteiger partial charge is 0.376 e. The van der Waals surface area contributed by atoms with Gasteiger partial charge in [-0.1, -0.05) is 35.3 Å². The molecule has 1 amide bonds. The lowest BCUT2D eigenvalue weighted by Crippen LogP contribution is -2.18. The molecule has 21 heavy (non-hydrogen) atoms. The normalized spacial score (nSPS) is 10.3. The summed E-state index contributed by atoms with van der Waals surface area (Å²) in [4.78, 5) is 14.1. The third-order valence-electron chi connectivity index (χ3n) is 2.99. The minimum absolute atomic E-state index is 0.0947. The third-order valence-corrected chi connectivity index (χ3v) is 3.48. The van der Waals surface area contributed by atoms with E-state index >= 15 is 0 Å². The lowest BCUT2D eigenvalue weighted by molar-refractivity contribution is -0.115. The molecule has 0 saturated heterocycles. The standard InChI is InChI=1S/C16H16Cl2N2O/c1-20(2)15-8-7-13(18)10-14(15)19-16(21)9-11-3-5-12(17)6-4-11/h3-8,10H,9H2,1-2H3,(H,19,21). The Hall–Kier alpha value is -1.71. The van der Waals surface area contributed by atoms with Crippen molar-refractivity contribution >= 4 is 40.5 Å². The van der Waals surface area contributed by atoms with Crippen molar-refractivity contribution < 1.29 is 4.79 Å². The van der Waals surface area contributed by atoms with Gasteiger partial charge in [-0.3, -0.25) is 4.79 Å². The first-order valence-electron chi connectivity index (χ1n) is 6.47. The third kappa shape index (κ3) is 4.38. The molecule has 3 nitrogen and oxygen atoms in total. The van der Waals surface area contributed by atoms with Crippen LogP contribution in [-0.2, 0) is 11.2 Å². The van der Waals surface area contributed by atoms with Gasteiger partial charge in [-0.2, -0.15) is 0 Å². The van der Waals surface area contributed by atoms with E-state index in [-0.39, 0.29) is 12.3 Å². The van der Waals surface area contributed by atoms with Gasteiger partial charge in [0, 0.05) is 24.1 Å². The van der Waals surface area contributed by atoms with Crippen LogP contribution in [0, 0.1) is 0 Å². The summed E-state index contributed by atoms with van der Waals surface area (Å²) in [5.74, 6) is -0.0947. The van der Waals surface area contributed by atoms with Gasteiger partial charge in [0.2, 0.25) is 5.91 Å². The molecule has 0 aliphatic carbocycles. The molecule has 0 unspecified atom stereocenters. The topological polar surface area (TPSA) is 32.3 Å².